The summed E-state index contributed by atoms with van der Waals surface area (Å²) >= 11 is 5.68. The number of thiophene rings is 3. The first kappa shape index (κ1) is 58.7. The lowest BCUT2D eigenvalue weighted by atomic mass is 10.0. The van der Waals surface area contributed by atoms with Crippen LogP contribution < -0.4 is 0 Å². The Hall–Kier alpha value is -13.6. The zero-order chi connectivity index (χ0) is 70.1. The number of hydrogen-bond donors (Lipinski definition) is 0. The van der Waals surface area contributed by atoms with E-state index in [0.717, 1.165) is 66.6 Å². The number of para-hydroxylation sites is 9. The molecule has 12 heteroatoms. The van der Waals surface area contributed by atoms with Crippen molar-refractivity contribution >= 4 is 243 Å². The van der Waals surface area contributed by atoms with Crippen LogP contribution in [0, 0.1) is 0 Å². The van der Waals surface area contributed by atoms with Gasteiger partial charge in [0.15, 0.2) is 16.9 Å². The Kier molecular flexibility index (Phi) is 12.0. The minimum atomic E-state index is 0.926. The van der Waals surface area contributed by atoms with Gasteiger partial charge in [0, 0.05) is 109 Å². The number of fused-ring (bicyclic) bond motifs is 33. The Morgan fingerprint density at radius 2 is 0.565 bits per heavy atom. The highest BCUT2D eigenvalue weighted by Crippen LogP contribution is 2.52. The van der Waals surface area contributed by atoms with Crippen molar-refractivity contribution in [3.05, 3.63) is 309 Å². The molecule has 0 bridgehead atoms. The Morgan fingerprint density at radius 1 is 0.204 bits per heavy atom. The molecular weight excluding hydrogens is 1380 g/mol. The van der Waals surface area contributed by atoms with Gasteiger partial charge in [-0.25, -0.2) is 29.9 Å². The van der Waals surface area contributed by atoms with Gasteiger partial charge >= 0.3 is 0 Å². The van der Waals surface area contributed by atoms with Crippen LogP contribution in [0.2, 0.25) is 0 Å². The van der Waals surface area contributed by atoms with Crippen LogP contribution in [0.3, 0.4) is 0 Å². The van der Waals surface area contributed by atoms with Crippen LogP contribution in [-0.4, -0.2) is 43.1 Å². The van der Waals surface area contributed by atoms with E-state index >= 15 is 0 Å². The summed E-state index contributed by atoms with van der Waals surface area (Å²) in [6.45, 7) is 0. The van der Waals surface area contributed by atoms with Crippen molar-refractivity contribution in [3.63, 3.8) is 0 Å². The molecular formula is C96H51N9S3. The lowest BCUT2D eigenvalue weighted by molar-refractivity contribution is 1.28. The van der Waals surface area contributed by atoms with E-state index in [-0.39, 0.29) is 0 Å². The van der Waals surface area contributed by atoms with E-state index in [4.69, 9.17) is 29.9 Å². The number of rotatable bonds is 3. The van der Waals surface area contributed by atoms with E-state index in [1.165, 1.54) is 175 Å². The summed E-state index contributed by atoms with van der Waals surface area (Å²) in [6.07, 6.45) is 0. The maximum atomic E-state index is 5.13. The van der Waals surface area contributed by atoms with Crippen molar-refractivity contribution in [2.75, 3.05) is 0 Å². The quantitative estimate of drug-likeness (QED) is 0.175. The van der Waals surface area contributed by atoms with E-state index in [1.54, 1.807) is 0 Å². The summed E-state index contributed by atoms with van der Waals surface area (Å²) in [5, 5.41) is 19.0. The van der Waals surface area contributed by atoms with Gasteiger partial charge in [0.05, 0.1) is 66.2 Å². The summed E-state index contributed by atoms with van der Waals surface area (Å²) in [5.41, 5.74) is 26.0. The topological polar surface area (TPSA) is 90.6 Å². The van der Waals surface area contributed by atoms with Gasteiger partial charge in [-0.1, -0.05) is 218 Å². The van der Waals surface area contributed by atoms with Gasteiger partial charge in [0.2, 0.25) is 0 Å². The molecule has 0 spiro atoms. The highest BCUT2D eigenvalue weighted by molar-refractivity contribution is 7.28. The highest BCUT2D eigenvalue weighted by Gasteiger charge is 2.28. The summed E-state index contributed by atoms with van der Waals surface area (Å²) in [5.74, 6) is 0. The third kappa shape index (κ3) is 8.11. The first-order chi connectivity index (χ1) is 53.6. The molecule has 9 nitrogen and oxygen atoms in total. The molecule has 0 amide bonds. The van der Waals surface area contributed by atoms with Crippen molar-refractivity contribution in [2.45, 2.75) is 0 Å². The van der Waals surface area contributed by atoms with E-state index in [2.05, 4.69) is 268 Å². The lowest BCUT2D eigenvalue weighted by Gasteiger charge is -2.03. The fraction of sp³-hybridized carbons (Fsp3) is 0. The van der Waals surface area contributed by atoms with Crippen molar-refractivity contribution < 1.29 is 0 Å². The van der Waals surface area contributed by atoms with Gasteiger partial charge in [-0.2, -0.15) is 0 Å². The smallest absolute Gasteiger partial charge is 0.165 e. The van der Waals surface area contributed by atoms with E-state index in [1.807, 2.05) is 88.6 Å². The summed E-state index contributed by atoms with van der Waals surface area (Å²) in [6, 6.07) is 110. The molecule has 0 unspecified atom stereocenters. The van der Waals surface area contributed by atoms with Crippen molar-refractivity contribution in [1.82, 2.24) is 43.1 Å². The van der Waals surface area contributed by atoms with E-state index in [0.29, 0.717) is 0 Å². The summed E-state index contributed by atoms with van der Waals surface area (Å²) < 4.78 is 14.9. The van der Waals surface area contributed by atoms with Gasteiger partial charge in [-0.3, -0.25) is 13.2 Å². The van der Waals surface area contributed by atoms with Crippen LogP contribution in [-0.2, 0) is 0 Å². The molecule has 15 aromatic carbocycles. The number of nitrogens with zero attached hydrogens (tertiary/aromatic N) is 9. The molecule has 0 fully saturated rings. The lowest BCUT2D eigenvalue weighted by Crippen LogP contribution is -1.88. The summed E-state index contributed by atoms with van der Waals surface area (Å²) in [7, 11) is 0. The number of aromatic nitrogens is 9. The zero-order valence-corrected chi connectivity index (χ0v) is 59.6. The molecule has 0 radical (unpaired) electrons. The third-order valence-corrected chi connectivity index (χ3v) is 26.2. The first-order valence-electron chi connectivity index (χ1n) is 36.3. The molecule has 0 aliphatic carbocycles. The molecule has 108 heavy (non-hydrogen) atoms. The van der Waals surface area contributed by atoms with Gasteiger partial charge in [-0.15, -0.1) is 34.0 Å². The average molecular weight is 1430 g/mol. The molecule has 12 heterocycles. The fourth-order valence-electron chi connectivity index (χ4n) is 17.8. The second-order valence-corrected chi connectivity index (χ2v) is 31.4. The molecule has 0 saturated carbocycles. The largest absolute Gasteiger partial charge is 0.291 e. The minimum Gasteiger partial charge on any atom is -0.291 e. The fourth-order valence-corrected chi connectivity index (χ4v) is 21.7. The Balaban J connectivity index is 0.0000000931. The third-order valence-electron chi connectivity index (χ3n) is 22.5. The first-order valence-corrected chi connectivity index (χ1v) is 38.8. The molecule has 498 valence electrons. The molecule has 27 aromatic rings. The van der Waals surface area contributed by atoms with Gasteiger partial charge in [-0.05, 0) is 124 Å². The minimum absolute atomic E-state index is 0.926. The van der Waals surface area contributed by atoms with Crippen LogP contribution in [0.4, 0.5) is 0 Å². The number of hydrogen-bond acceptors (Lipinski definition) is 9. The second-order valence-electron chi connectivity index (χ2n) is 28.3. The standard InChI is InChI=1S/3C32H17N3S/c1-2-9-18(10-3-1)19-12-8-13-20-22-17-23-28-32(34-25-15-6-5-14-24(25)33-28)35-26-16-7-4-11-21(26)27(29(23)35)31(22)36-30(19)20;1-2-8-18(9-3-1)19-14-15-20-22-17-23-29-32(34-25-12-6-5-11-24(25)33-29)35-26-13-7-4-10-21(26)28(30(23)35)31(22)36-27(20)16-19;1-2-8-18(9-3-1)19-14-15-27-21(16-19)22-17-23-29-32(34-25-12-6-5-11-24(25)33-29)35-26-13-7-4-10-20(26)28(30(23)35)31(22)36-27/h3*1-17H. The summed E-state index contributed by atoms with van der Waals surface area (Å²) in [4.78, 5) is 30.7. The Labute approximate surface area is 624 Å². The predicted octanol–water partition coefficient (Wildman–Crippen LogP) is 26.4. The Morgan fingerprint density at radius 3 is 1.04 bits per heavy atom. The van der Waals surface area contributed by atoms with Crippen molar-refractivity contribution in [3.8, 4) is 33.4 Å². The second kappa shape index (κ2) is 22.0. The predicted molar refractivity (Wildman–Crippen MR) is 458 cm³/mol. The van der Waals surface area contributed by atoms with Gasteiger partial charge in [0.1, 0.15) is 16.6 Å². The van der Waals surface area contributed by atoms with Crippen LogP contribution in [0.25, 0.3) is 242 Å². The van der Waals surface area contributed by atoms with Crippen LogP contribution in [0.1, 0.15) is 0 Å². The van der Waals surface area contributed by atoms with Gasteiger partial charge in [0.25, 0.3) is 0 Å². The van der Waals surface area contributed by atoms with Crippen molar-refractivity contribution in [1.29, 1.82) is 0 Å². The maximum Gasteiger partial charge on any atom is 0.165 e. The monoisotopic (exact) mass is 1430 g/mol. The zero-order valence-electron chi connectivity index (χ0n) is 57.2. The molecule has 0 atom stereocenters. The Bertz CT molecular complexity index is 8330. The molecule has 27 rings (SSSR count). The number of benzene rings is 15. The molecule has 0 aliphatic rings. The van der Waals surface area contributed by atoms with Gasteiger partial charge < -0.3 is 0 Å². The van der Waals surface area contributed by atoms with E-state index < -0.39 is 0 Å². The van der Waals surface area contributed by atoms with Crippen LogP contribution in [0.5, 0.6) is 0 Å². The molecule has 0 saturated heterocycles. The maximum absolute atomic E-state index is 5.13. The normalized spacial score (nSPS) is 12.4. The highest BCUT2D eigenvalue weighted by atomic mass is 32.1. The van der Waals surface area contributed by atoms with Crippen LogP contribution in [0.15, 0.2) is 309 Å². The van der Waals surface area contributed by atoms with Crippen LogP contribution >= 0.6 is 34.0 Å². The SMILES string of the molecule is c1ccc(-c2ccc3c(c2)sc2c3cc3c4nc5ccccc5nc4n4c5ccccc5c2c34)cc1.c1ccc(-c2ccc3sc4c(cc5c6nc7ccccc7nc6n6c7ccccc7c4c56)c3c2)cc1.c1ccc(-c2cccc3c2sc2c3cc3c4nc5ccccc5nc4n4c5ccccc5c2c34)cc1. The molecule has 0 N–H and O–H groups in total. The molecule has 12 aromatic heterocycles. The van der Waals surface area contributed by atoms with E-state index in [9.17, 15) is 0 Å². The van der Waals surface area contributed by atoms with Crippen molar-refractivity contribution in [2.24, 2.45) is 0 Å². The molecule has 0 aliphatic heterocycles. The average Bonchev–Trinajstić information content (AvgIpc) is 1.53.